The van der Waals surface area contributed by atoms with Crippen molar-refractivity contribution in [2.45, 2.75) is 19.6 Å². The molecule has 0 aromatic heterocycles. The number of hydrogen-bond donors (Lipinski definition) is 0. The third-order valence-corrected chi connectivity index (χ3v) is 8.83. The van der Waals surface area contributed by atoms with E-state index >= 15 is 0 Å². The molecule has 2 aliphatic rings. The molecule has 0 fully saturated rings. The Balaban J connectivity index is 0.00000294. The van der Waals surface area contributed by atoms with E-state index in [-0.39, 0.29) is 41.1 Å². The molecule has 0 radical (unpaired) electrons. The van der Waals surface area contributed by atoms with Gasteiger partial charge >= 0.3 is 37.4 Å². The molecule has 2 aliphatic heterocycles. The zero-order valence-corrected chi connectivity index (χ0v) is 24.4. The topological polar surface area (TPSA) is 58.6 Å². The van der Waals surface area contributed by atoms with Gasteiger partial charge in [-0.05, 0) is 59.7 Å². The zero-order valence-electron chi connectivity index (χ0n) is 19.9. The van der Waals surface area contributed by atoms with E-state index in [2.05, 4.69) is 0 Å². The van der Waals surface area contributed by atoms with Crippen molar-refractivity contribution in [3.63, 3.8) is 0 Å². The summed E-state index contributed by atoms with van der Waals surface area (Å²) in [5.41, 5.74) is 2.30. The largest absolute Gasteiger partial charge is 1.00 e. The number of rotatable bonds is 4. The van der Waals surface area contributed by atoms with Crippen molar-refractivity contribution in [3.8, 4) is 0 Å². The average molecular weight is 573 g/mol. The monoisotopic (exact) mass is 572 g/mol. The molecule has 4 aromatic carbocycles. The standard InChI is InChI=1S/C28H17F2O4PS2.Na/c29-19-11-9-17-13-23(21-5-1-3-7-25(21)36-27(17)15-19)33-35(31,32)34-24-14-18-10-12-20(30)16-28(18)37-26-8-4-2-6-22(24)26;/h1-16H,(H,31,32);/q;+1/p-1. The minimum Gasteiger partial charge on any atom is -0.736 e. The van der Waals surface area contributed by atoms with Crippen molar-refractivity contribution in [1.29, 1.82) is 0 Å². The van der Waals surface area contributed by atoms with Gasteiger partial charge in [-0.1, -0.05) is 72.1 Å². The van der Waals surface area contributed by atoms with Gasteiger partial charge in [-0.15, -0.1) is 0 Å². The molecule has 184 valence electrons. The maximum absolute atomic E-state index is 13.9. The molecule has 2 heterocycles. The van der Waals surface area contributed by atoms with Crippen LogP contribution in [0.25, 0.3) is 23.7 Å². The van der Waals surface area contributed by atoms with E-state index in [0.717, 1.165) is 0 Å². The van der Waals surface area contributed by atoms with Crippen LogP contribution in [0.5, 0.6) is 0 Å². The fraction of sp³-hybridized carbons (Fsp3) is 0. The van der Waals surface area contributed by atoms with E-state index in [1.807, 2.05) is 24.3 Å². The van der Waals surface area contributed by atoms with Crippen molar-refractivity contribution in [1.82, 2.24) is 0 Å². The van der Waals surface area contributed by atoms with E-state index in [0.29, 0.717) is 41.8 Å². The Morgan fingerprint density at radius 1 is 0.632 bits per heavy atom. The molecule has 0 unspecified atom stereocenters. The predicted molar refractivity (Wildman–Crippen MR) is 139 cm³/mol. The van der Waals surface area contributed by atoms with Gasteiger partial charge in [0, 0.05) is 30.7 Å². The van der Waals surface area contributed by atoms with Crippen LogP contribution in [0.4, 0.5) is 8.78 Å². The van der Waals surface area contributed by atoms with Gasteiger partial charge in [-0.25, -0.2) is 13.3 Å². The second-order valence-corrected chi connectivity index (χ2v) is 11.6. The van der Waals surface area contributed by atoms with E-state index < -0.39 is 19.5 Å². The second-order valence-electron chi connectivity index (χ2n) is 8.21. The Morgan fingerprint density at radius 3 is 1.50 bits per heavy atom. The van der Waals surface area contributed by atoms with Gasteiger partial charge in [-0.2, -0.15) is 0 Å². The average Bonchev–Trinajstić information content (AvgIpc) is 3.10. The van der Waals surface area contributed by atoms with Gasteiger partial charge in [0.25, 0.3) is 0 Å². The summed E-state index contributed by atoms with van der Waals surface area (Å²) < 4.78 is 52.2. The number of hydrogen-bond acceptors (Lipinski definition) is 6. The van der Waals surface area contributed by atoms with Crippen LogP contribution in [0.1, 0.15) is 22.3 Å². The van der Waals surface area contributed by atoms with Gasteiger partial charge in [0.15, 0.2) is 0 Å². The quantitative estimate of drug-likeness (QED) is 0.251. The summed E-state index contributed by atoms with van der Waals surface area (Å²) in [4.78, 5) is 16.0. The van der Waals surface area contributed by atoms with E-state index in [1.165, 1.54) is 47.8 Å². The molecular formula is C28H16F2NaO4PS2. The summed E-state index contributed by atoms with van der Waals surface area (Å²) in [6.07, 6.45) is 3.12. The molecule has 0 aliphatic carbocycles. The van der Waals surface area contributed by atoms with Crippen LogP contribution in [0, 0.1) is 11.6 Å². The van der Waals surface area contributed by atoms with Gasteiger partial charge in [0.1, 0.15) is 23.2 Å². The minimum atomic E-state index is -4.98. The molecule has 0 bridgehead atoms. The van der Waals surface area contributed by atoms with Crippen LogP contribution >= 0.6 is 31.3 Å². The molecule has 4 aromatic rings. The van der Waals surface area contributed by atoms with Crippen molar-refractivity contribution in [2.75, 3.05) is 0 Å². The molecule has 0 saturated heterocycles. The number of phosphoric ester groups is 1. The summed E-state index contributed by atoms with van der Waals surface area (Å²) in [6, 6.07) is 22.8. The Bertz CT molecular complexity index is 1560. The fourth-order valence-electron chi connectivity index (χ4n) is 4.04. The van der Waals surface area contributed by atoms with Gasteiger partial charge in [0.2, 0.25) is 0 Å². The third kappa shape index (κ3) is 5.68. The third-order valence-electron chi connectivity index (χ3n) is 5.69. The number of halogens is 2. The fourth-order valence-corrected chi connectivity index (χ4v) is 7.01. The van der Waals surface area contributed by atoms with Crippen molar-refractivity contribution in [3.05, 3.63) is 119 Å². The predicted octanol–water partition coefficient (Wildman–Crippen LogP) is 5.10. The Hall–Kier alpha value is -2.29. The van der Waals surface area contributed by atoms with Crippen LogP contribution in [0.15, 0.2) is 105 Å². The van der Waals surface area contributed by atoms with Gasteiger partial charge in [-0.3, -0.25) is 0 Å². The second kappa shape index (κ2) is 11.1. The van der Waals surface area contributed by atoms with Crippen LogP contribution in [-0.2, 0) is 13.6 Å². The van der Waals surface area contributed by atoms with Gasteiger partial charge in [0.05, 0.1) is 0 Å². The Kier molecular flexibility index (Phi) is 7.94. The number of phosphoric acid groups is 1. The maximum atomic E-state index is 13.9. The summed E-state index contributed by atoms with van der Waals surface area (Å²) in [6.45, 7) is 0. The molecule has 0 N–H and O–H groups in total. The van der Waals surface area contributed by atoms with Crippen LogP contribution < -0.4 is 34.5 Å². The van der Waals surface area contributed by atoms with Crippen LogP contribution in [0.2, 0.25) is 0 Å². The molecule has 4 nitrogen and oxygen atoms in total. The molecule has 0 atom stereocenters. The molecule has 38 heavy (non-hydrogen) atoms. The molecule has 0 spiro atoms. The number of fused-ring (bicyclic) bond motifs is 4. The van der Waals surface area contributed by atoms with Crippen molar-refractivity contribution in [2.24, 2.45) is 0 Å². The number of benzene rings is 4. The summed E-state index contributed by atoms with van der Waals surface area (Å²) in [7, 11) is -4.98. The van der Waals surface area contributed by atoms with Crippen LogP contribution in [0.3, 0.4) is 0 Å². The molecule has 6 rings (SSSR count). The van der Waals surface area contributed by atoms with Gasteiger partial charge < -0.3 is 13.9 Å². The minimum absolute atomic E-state index is 0. The SMILES string of the molecule is O=P([O-])(OC1=Cc2ccc(F)cc2Sc2ccccc21)OC1=Cc2ccc(F)cc2Sc2ccccc21.[Na+]. The first kappa shape index (κ1) is 27.3. The Labute approximate surface area is 248 Å². The summed E-state index contributed by atoms with van der Waals surface area (Å²) in [5, 5.41) is 0. The van der Waals surface area contributed by atoms with Crippen LogP contribution in [-0.4, -0.2) is 0 Å². The normalized spacial score (nSPS) is 13.7. The van der Waals surface area contributed by atoms with E-state index in [1.54, 1.807) is 48.6 Å². The van der Waals surface area contributed by atoms with Crippen molar-refractivity contribution < 1.29 is 56.8 Å². The molecule has 10 heteroatoms. The molecular weight excluding hydrogens is 556 g/mol. The summed E-state index contributed by atoms with van der Waals surface area (Å²) in [5.74, 6) is -0.662. The first-order valence-electron chi connectivity index (χ1n) is 11.1. The molecule has 0 saturated carbocycles. The van der Waals surface area contributed by atoms with Crippen molar-refractivity contribution >= 4 is 55.0 Å². The smallest absolute Gasteiger partial charge is 0.736 e. The van der Waals surface area contributed by atoms with E-state index in [9.17, 15) is 18.2 Å². The first-order valence-corrected chi connectivity index (χ1v) is 14.2. The Morgan fingerprint density at radius 2 is 1.05 bits per heavy atom. The zero-order chi connectivity index (χ0) is 25.6. The first-order chi connectivity index (χ1) is 17.8. The maximum Gasteiger partial charge on any atom is 1.00 e. The summed E-state index contributed by atoms with van der Waals surface area (Å²) >= 11 is 2.64. The van der Waals surface area contributed by atoms with E-state index in [4.69, 9.17) is 9.05 Å². The molecule has 0 amide bonds.